The molecule has 2 aliphatic rings. The molecule has 3 heterocycles. The van der Waals surface area contributed by atoms with Crippen LogP contribution < -0.4 is 0 Å². The molecule has 1 atom stereocenters. The number of hydrogen-bond acceptors (Lipinski definition) is 4. The molecule has 1 unspecified atom stereocenters. The van der Waals surface area contributed by atoms with Crippen molar-refractivity contribution in [3.8, 4) is 5.69 Å². The van der Waals surface area contributed by atoms with E-state index in [1.165, 1.54) is 38.7 Å². The van der Waals surface area contributed by atoms with Gasteiger partial charge in [-0.05, 0) is 75.9 Å². The van der Waals surface area contributed by atoms with Gasteiger partial charge < -0.3 is 9.80 Å². The van der Waals surface area contributed by atoms with Gasteiger partial charge in [0.05, 0.1) is 5.69 Å². The number of amides is 1. The molecule has 6 nitrogen and oxygen atoms in total. The third-order valence-corrected chi connectivity index (χ3v) is 5.75. The van der Waals surface area contributed by atoms with E-state index in [1.54, 1.807) is 11.0 Å². The molecule has 2 aliphatic heterocycles. The Morgan fingerprint density at radius 1 is 1.08 bits per heavy atom. The molecule has 1 aromatic carbocycles. The Kier molecular flexibility index (Phi) is 5.02. The first kappa shape index (κ1) is 17.2. The van der Waals surface area contributed by atoms with Gasteiger partial charge in [-0.1, -0.05) is 0 Å². The minimum atomic E-state index is 0.153. The summed E-state index contributed by atoms with van der Waals surface area (Å²) in [4.78, 5) is 21.7. The van der Waals surface area contributed by atoms with Gasteiger partial charge in [0.15, 0.2) is 0 Å². The van der Waals surface area contributed by atoms with Crippen LogP contribution >= 0.6 is 0 Å². The molecule has 0 saturated carbocycles. The fraction of sp³-hybridized carbons (Fsp3) is 0.550. The van der Waals surface area contributed by atoms with E-state index in [9.17, 15) is 4.79 Å². The highest BCUT2D eigenvalue weighted by atomic mass is 16.2. The molecular weight excluding hydrogens is 326 g/mol. The Morgan fingerprint density at radius 3 is 2.65 bits per heavy atom. The zero-order valence-electron chi connectivity index (χ0n) is 15.5. The number of aryl methyl sites for hydroxylation is 1. The second kappa shape index (κ2) is 7.58. The summed E-state index contributed by atoms with van der Waals surface area (Å²) in [5.74, 6) is 0.153. The van der Waals surface area contributed by atoms with Crippen molar-refractivity contribution < 1.29 is 4.79 Å². The molecule has 2 saturated heterocycles. The highest BCUT2D eigenvalue weighted by Crippen LogP contribution is 2.23. The van der Waals surface area contributed by atoms with E-state index in [0.717, 1.165) is 42.7 Å². The number of carbonyl (C=O) groups excluding carboxylic acids is 1. The summed E-state index contributed by atoms with van der Waals surface area (Å²) in [5.41, 5.74) is 2.76. The van der Waals surface area contributed by atoms with E-state index >= 15 is 0 Å². The number of carbonyl (C=O) groups is 1. The van der Waals surface area contributed by atoms with Gasteiger partial charge in [0.1, 0.15) is 12.7 Å². The van der Waals surface area contributed by atoms with Crippen LogP contribution in [-0.2, 0) is 0 Å². The zero-order chi connectivity index (χ0) is 17.9. The minimum Gasteiger partial charge on any atom is -0.339 e. The molecule has 4 rings (SSSR count). The Morgan fingerprint density at radius 2 is 1.92 bits per heavy atom. The summed E-state index contributed by atoms with van der Waals surface area (Å²) in [7, 11) is 0. The van der Waals surface area contributed by atoms with Gasteiger partial charge in [0.2, 0.25) is 0 Å². The summed E-state index contributed by atoms with van der Waals surface area (Å²) < 4.78 is 1.73. The molecule has 0 radical (unpaired) electrons. The van der Waals surface area contributed by atoms with Crippen molar-refractivity contribution in [1.82, 2.24) is 24.6 Å². The van der Waals surface area contributed by atoms with Crippen LogP contribution in [0.5, 0.6) is 0 Å². The molecule has 1 amide bonds. The van der Waals surface area contributed by atoms with E-state index in [2.05, 4.69) is 15.0 Å². The standard InChI is InChI=1S/C20H27N5O/c1-16-13-17(6-7-19(16)25-15-21-14-22-25)20(26)24-11-4-5-18(8-12-24)23-9-2-3-10-23/h6-7,13-15,18H,2-5,8-12H2,1H3. The zero-order valence-corrected chi connectivity index (χ0v) is 15.5. The fourth-order valence-corrected chi connectivity index (χ4v) is 4.31. The predicted molar refractivity (Wildman–Crippen MR) is 100 cm³/mol. The highest BCUT2D eigenvalue weighted by Gasteiger charge is 2.26. The van der Waals surface area contributed by atoms with Crippen LogP contribution in [0.15, 0.2) is 30.9 Å². The van der Waals surface area contributed by atoms with Crippen LogP contribution in [0.2, 0.25) is 0 Å². The van der Waals surface area contributed by atoms with Crippen molar-refractivity contribution in [1.29, 1.82) is 0 Å². The van der Waals surface area contributed by atoms with Crippen molar-refractivity contribution in [2.45, 2.75) is 45.1 Å². The second-order valence-corrected chi connectivity index (χ2v) is 7.46. The third kappa shape index (κ3) is 3.51. The van der Waals surface area contributed by atoms with Gasteiger partial charge >= 0.3 is 0 Å². The molecule has 138 valence electrons. The van der Waals surface area contributed by atoms with Gasteiger partial charge in [0.25, 0.3) is 5.91 Å². The smallest absolute Gasteiger partial charge is 0.253 e. The van der Waals surface area contributed by atoms with Crippen LogP contribution in [0.4, 0.5) is 0 Å². The lowest BCUT2D eigenvalue weighted by Crippen LogP contribution is -2.35. The quantitative estimate of drug-likeness (QED) is 0.851. The van der Waals surface area contributed by atoms with Crippen molar-refractivity contribution in [2.75, 3.05) is 26.2 Å². The van der Waals surface area contributed by atoms with Gasteiger partial charge in [-0.3, -0.25) is 4.79 Å². The number of rotatable bonds is 3. The van der Waals surface area contributed by atoms with E-state index in [4.69, 9.17) is 0 Å². The molecule has 0 spiro atoms. The average molecular weight is 353 g/mol. The lowest BCUT2D eigenvalue weighted by atomic mass is 10.1. The number of benzene rings is 1. The maximum Gasteiger partial charge on any atom is 0.253 e. The first-order valence-electron chi connectivity index (χ1n) is 9.71. The molecule has 0 aliphatic carbocycles. The molecule has 2 fully saturated rings. The Labute approximate surface area is 154 Å². The summed E-state index contributed by atoms with van der Waals surface area (Å²) in [6, 6.07) is 6.51. The van der Waals surface area contributed by atoms with Gasteiger partial charge in [-0.15, -0.1) is 0 Å². The lowest BCUT2D eigenvalue weighted by Gasteiger charge is -2.26. The maximum absolute atomic E-state index is 13.0. The minimum absolute atomic E-state index is 0.153. The molecule has 0 bridgehead atoms. The maximum atomic E-state index is 13.0. The van der Waals surface area contributed by atoms with E-state index in [1.807, 2.05) is 30.0 Å². The Hall–Kier alpha value is -2.21. The molecule has 2 aromatic rings. The number of hydrogen-bond donors (Lipinski definition) is 0. The van der Waals surface area contributed by atoms with Crippen LogP contribution in [0.1, 0.15) is 48.0 Å². The third-order valence-electron chi connectivity index (χ3n) is 5.75. The molecule has 26 heavy (non-hydrogen) atoms. The van der Waals surface area contributed by atoms with Crippen LogP contribution in [0.3, 0.4) is 0 Å². The first-order valence-corrected chi connectivity index (χ1v) is 9.71. The van der Waals surface area contributed by atoms with Crippen molar-refractivity contribution >= 4 is 5.91 Å². The molecule has 0 N–H and O–H groups in total. The monoisotopic (exact) mass is 353 g/mol. The Bertz CT molecular complexity index is 752. The molecule has 1 aromatic heterocycles. The van der Waals surface area contributed by atoms with Gasteiger partial charge in [0, 0.05) is 24.7 Å². The van der Waals surface area contributed by atoms with Gasteiger partial charge in [-0.25, -0.2) is 9.67 Å². The Balaban J connectivity index is 1.44. The average Bonchev–Trinajstić information content (AvgIpc) is 3.32. The van der Waals surface area contributed by atoms with Gasteiger partial charge in [-0.2, -0.15) is 5.10 Å². The fourth-order valence-electron chi connectivity index (χ4n) is 4.31. The van der Waals surface area contributed by atoms with E-state index in [0.29, 0.717) is 6.04 Å². The normalized spacial score (nSPS) is 21.7. The highest BCUT2D eigenvalue weighted by molar-refractivity contribution is 5.94. The summed E-state index contributed by atoms with van der Waals surface area (Å²) in [5, 5.41) is 4.18. The van der Waals surface area contributed by atoms with Crippen LogP contribution in [-0.4, -0.2) is 62.7 Å². The predicted octanol–water partition coefficient (Wildman–Crippen LogP) is 2.67. The van der Waals surface area contributed by atoms with E-state index < -0.39 is 0 Å². The second-order valence-electron chi connectivity index (χ2n) is 7.46. The topological polar surface area (TPSA) is 54.3 Å². The van der Waals surface area contributed by atoms with E-state index in [-0.39, 0.29) is 5.91 Å². The first-order chi connectivity index (χ1) is 12.7. The van der Waals surface area contributed by atoms with Crippen molar-refractivity contribution in [3.63, 3.8) is 0 Å². The number of nitrogens with zero attached hydrogens (tertiary/aromatic N) is 5. The van der Waals surface area contributed by atoms with Crippen LogP contribution in [0.25, 0.3) is 5.69 Å². The largest absolute Gasteiger partial charge is 0.339 e. The number of aromatic nitrogens is 3. The summed E-state index contributed by atoms with van der Waals surface area (Å²) >= 11 is 0. The molecule has 6 heteroatoms. The lowest BCUT2D eigenvalue weighted by molar-refractivity contribution is 0.0757. The summed E-state index contributed by atoms with van der Waals surface area (Å²) in [6.45, 7) is 6.22. The van der Waals surface area contributed by atoms with Crippen molar-refractivity contribution in [3.05, 3.63) is 42.0 Å². The SMILES string of the molecule is Cc1cc(C(=O)N2CCCC(N3CCCC3)CC2)ccc1-n1cncn1. The van der Waals surface area contributed by atoms with Crippen molar-refractivity contribution in [2.24, 2.45) is 0 Å². The van der Waals surface area contributed by atoms with Crippen LogP contribution in [0, 0.1) is 6.92 Å². The molecular formula is C20H27N5O. The number of likely N-dealkylation sites (tertiary alicyclic amines) is 2. The summed E-state index contributed by atoms with van der Waals surface area (Å²) in [6.07, 6.45) is 9.27.